The molecule has 5 unspecified atom stereocenters. The Bertz CT molecular complexity index is 461. The summed E-state index contributed by atoms with van der Waals surface area (Å²) >= 11 is 0. The van der Waals surface area contributed by atoms with Gasteiger partial charge in [0.1, 0.15) is 0 Å². The molecule has 5 atom stereocenters. The first kappa shape index (κ1) is 25.5. The largest absolute Gasteiger partial charge is 0.388 e. The lowest BCUT2D eigenvalue weighted by molar-refractivity contribution is 0.105. The molecule has 0 radical (unpaired) electrons. The van der Waals surface area contributed by atoms with E-state index in [1.54, 1.807) is 5.57 Å². The first-order chi connectivity index (χ1) is 13.3. The summed E-state index contributed by atoms with van der Waals surface area (Å²) in [5, 5.41) is 10.5. The average molecular weight is 391 g/mol. The highest BCUT2D eigenvalue weighted by atomic mass is 16.3. The van der Waals surface area contributed by atoms with E-state index in [1.165, 1.54) is 69.8 Å². The van der Waals surface area contributed by atoms with Crippen molar-refractivity contribution in [2.75, 3.05) is 0 Å². The lowest BCUT2D eigenvalue weighted by Crippen LogP contribution is -2.29. The van der Waals surface area contributed by atoms with Crippen LogP contribution in [0.15, 0.2) is 23.3 Å². The van der Waals surface area contributed by atoms with Crippen molar-refractivity contribution in [3.63, 3.8) is 0 Å². The van der Waals surface area contributed by atoms with Crippen LogP contribution in [0.5, 0.6) is 0 Å². The number of hydrogen-bond acceptors (Lipinski definition) is 1. The van der Waals surface area contributed by atoms with Crippen LogP contribution in [0.25, 0.3) is 0 Å². The number of aliphatic hydroxyl groups is 1. The molecule has 0 aromatic heterocycles. The maximum Gasteiger partial charge on any atom is 0.0778 e. The zero-order chi connectivity index (χ0) is 20.9. The van der Waals surface area contributed by atoms with Gasteiger partial charge in [0.15, 0.2) is 0 Å². The Morgan fingerprint density at radius 2 is 1.75 bits per heavy atom. The number of rotatable bonds is 14. The molecule has 0 saturated heterocycles. The molecule has 0 heterocycles. The minimum atomic E-state index is -0.200. The molecular weight excluding hydrogens is 340 g/mol. The molecule has 164 valence electrons. The fraction of sp³-hybridized carbons (Fsp3) is 0.852. The molecule has 0 aromatic carbocycles. The van der Waals surface area contributed by atoms with Crippen molar-refractivity contribution in [2.24, 2.45) is 23.7 Å². The van der Waals surface area contributed by atoms with Gasteiger partial charge in [-0.25, -0.2) is 0 Å². The first-order valence-electron chi connectivity index (χ1n) is 12.4. The first-order valence-corrected chi connectivity index (χ1v) is 12.4. The van der Waals surface area contributed by atoms with E-state index in [0.717, 1.165) is 24.7 Å². The van der Waals surface area contributed by atoms with E-state index >= 15 is 0 Å². The quantitative estimate of drug-likeness (QED) is 0.233. The standard InChI is InChI=1S/C27H50O/c1-7-8-9-12-21(2)13-10-14-22(3)15-11-16-23(4)17-19-26-20-18-24(5)25(6)27(26)28/h13,20,22-25,27-28H,7-12,14-19H2,1-6H3. The number of allylic oxidation sites excluding steroid dienone is 3. The van der Waals surface area contributed by atoms with Gasteiger partial charge in [0.2, 0.25) is 0 Å². The predicted octanol–water partition coefficient (Wildman–Crippen LogP) is 8.48. The summed E-state index contributed by atoms with van der Waals surface area (Å²) in [5.41, 5.74) is 2.91. The zero-order valence-electron chi connectivity index (χ0n) is 20.0. The van der Waals surface area contributed by atoms with Crippen LogP contribution in [0.3, 0.4) is 0 Å². The van der Waals surface area contributed by atoms with Gasteiger partial charge in [0.25, 0.3) is 0 Å². The van der Waals surface area contributed by atoms with Crippen molar-refractivity contribution < 1.29 is 5.11 Å². The van der Waals surface area contributed by atoms with Gasteiger partial charge in [-0.2, -0.15) is 0 Å². The Balaban J connectivity index is 2.13. The number of hydrogen-bond donors (Lipinski definition) is 1. The highest BCUT2D eigenvalue weighted by molar-refractivity contribution is 5.14. The van der Waals surface area contributed by atoms with Crippen molar-refractivity contribution >= 4 is 0 Å². The molecule has 0 amide bonds. The van der Waals surface area contributed by atoms with Crippen LogP contribution in [0, 0.1) is 23.7 Å². The lowest BCUT2D eigenvalue weighted by Gasteiger charge is -2.31. The van der Waals surface area contributed by atoms with Gasteiger partial charge >= 0.3 is 0 Å². The normalized spacial score (nSPS) is 25.5. The highest BCUT2D eigenvalue weighted by Crippen LogP contribution is 2.32. The monoisotopic (exact) mass is 390 g/mol. The van der Waals surface area contributed by atoms with Gasteiger partial charge in [-0.05, 0) is 81.1 Å². The third-order valence-corrected chi connectivity index (χ3v) is 7.17. The summed E-state index contributed by atoms with van der Waals surface area (Å²) in [6, 6.07) is 0. The summed E-state index contributed by atoms with van der Waals surface area (Å²) in [7, 11) is 0. The van der Waals surface area contributed by atoms with Gasteiger partial charge in [0.05, 0.1) is 6.10 Å². The van der Waals surface area contributed by atoms with Gasteiger partial charge < -0.3 is 5.11 Å². The van der Waals surface area contributed by atoms with E-state index < -0.39 is 0 Å². The van der Waals surface area contributed by atoms with Crippen molar-refractivity contribution in [3.05, 3.63) is 23.3 Å². The molecule has 1 aliphatic rings. The van der Waals surface area contributed by atoms with Crippen molar-refractivity contribution in [1.82, 2.24) is 0 Å². The van der Waals surface area contributed by atoms with Crippen LogP contribution >= 0.6 is 0 Å². The highest BCUT2D eigenvalue weighted by Gasteiger charge is 2.27. The molecule has 1 nitrogen and oxygen atoms in total. The molecule has 1 rings (SSSR count). The van der Waals surface area contributed by atoms with E-state index in [-0.39, 0.29) is 6.10 Å². The Hall–Kier alpha value is -0.560. The predicted molar refractivity (Wildman–Crippen MR) is 126 cm³/mol. The van der Waals surface area contributed by atoms with Crippen LogP contribution in [0.2, 0.25) is 0 Å². The molecule has 0 aromatic rings. The Kier molecular flexibility index (Phi) is 13.1. The summed E-state index contributed by atoms with van der Waals surface area (Å²) < 4.78 is 0. The fourth-order valence-electron chi connectivity index (χ4n) is 4.46. The molecule has 1 aliphatic carbocycles. The lowest BCUT2D eigenvalue weighted by atomic mass is 9.78. The summed E-state index contributed by atoms with van der Waals surface area (Å²) in [4.78, 5) is 0. The second kappa shape index (κ2) is 14.4. The molecule has 0 spiro atoms. The van der Waals surface area contributed by atoms with Crippen LogP contribution in [-0.2, 0) is 0 Å². The van der Waals surface area contributed by atoms with Crippen molar-refractivity contribution in [3.8, 4) is 0 Å². The van der Waals surface area contributed by atoms with Crippen molar-refractivity contribution in [2.45, 2.75) is 125 Å². The Morgan fingerprint density at radius 1 is 1.07 bits per heavy atom. The molecule has 28 heavy (non-hydrogen) atoms. The van der Waals surface area contributed by atoms with Gasteiger partial charge in [0, 0.05) is 0 Å². The van der Waals surface area contributed by atoms with Crippen LogP contribution in [0.1, 0.15) is 119 Å². The fourth-order valence-corrected chi connectivity index (χ4v) is 4.46. The minimum Gasteiger partial charge on any atom is -0.388 e. The Morgan fingerprint density at radius 3 is 2.43 bits per heavy atom. The van der Waals surface area contributed by atoms with Crippen molar-refractivity contribution in [1.29, 1.82) is 0 Å². The maximum atomic E-state index is 10.5. The summed E-state index contributed by atoms with van der Waals surface area (Å²) in [6.07, 6.45) is 20.1. The van der Waals surface area contributed by atoms with Gasteiger partial charge in [-0.3, -0.25) is 0 Å². The van der Waals surface area contributed by atoms with E-state index in [1.807, 2.05) is 0 Å². The number of unbranched alkanes of at least 4 members (excludes halogenated alkanes) is 2. The van der Waals surface area contributed by atoms with Crippen LogP contribution < -0.4 is 0 Å². The SMILES string of the molecule is CCCCCC(C)=CCCC(C)CCCC(C)CCC1=CCC(C)C(C)C1O. The van der Waals surface area contributed by atoms with Gasteiger partial charge in [-0.15, -0.1) is 0 Å². The second-order valence-corrected chi connectivity index (χ2v) is 10.1. The Labute approximate surface area is 177 Å². The molecule has 0 aliphatic heterocycles. The zero-order valence-corrected chi connectivity index (χ0v) is 20.0. The summed E-state index contributed by atoms with van der Waals surface area (Å²) in [5.74, 6) is 2.65. The molecule has 0 saturated carbocycles. The summed E-state index contributed by atoms with van der Waals surface area (Å²) in [6.45, 7) is 13.9. The third kappa shape index (κ3) is 10.3. The van der Waals surface area contributed by atoms with E-state index in [2.05, 4.69) is 53.7 Å². The topological polar surface area (TPSA) is 20.2 Å². The van der Waals surface area contributed by atoms with E-state index in [0.29, 0.717) is 11.8 Å². The maximum absolute atomic E-state index is 10.5. The van der Waals surface area contributed by atoms with E-state index in [4.69, 9.17) is 0 Å². The third-order valence-electron chi connectivity index (χ3n) is 7.17. The van der Waals surface area contributed by atoms with Crippen LogP contribution in [-0.4, -0.2) is 11.2 Å². The molecule has 0 fully saturated rings. The van der Waals surface area contributed by atoms with Crippen LogP contribution in [0.4, 0.5) is 0 Å². The van der Waals surface area contributed by atoms with Gasteiger partial charge in [-0.1, -0.05) is 84.4 Å². The smallest absolute Gasteiger partial charge is 0.0778 e. The molecular formula is C27H50O. The number of aliphatic hydroxyl groups excluding tert-OH is 1. The molecule has 1 heteroatoms. The molecule has 0 bridgehead atoms. The second-order valence-electron chi connectivity index (χ2n) is 10.1. The minimum absolute atomic E-state index is 0.200. The molecule has 1 N–H and O–H groups in total. The van der Waals surface area contributed by atoms with E-state index in [9.17, 15) is 5.11 Å². The average Bonchev–Trinajstić information content (AvgIpc) is 2.66.